The Balaban J connectivity index is 1.87. The van der Waals surface area contributed by atoms with Gasteiger partial charge >= 0.3 is 0 Å². The zero-order chi connectivity index (χ0) is 15.3. The summed E-state index contributed by atoms with van der Waals surface area (Å²) in [6, 6.07) is 3.56. The van der Waals surface area contributed by atoms with Crippen LogP contribution in [-0.4, -0.2) is 29.4 Å². The van der Waals surface area contributed by atoms with Gasteiger partial charge in [0.25, 0.3) is 0 Å². The van der Waals surface area contributed by atoms with Crippen LogP contribution in [0.25, 0.3) is 26.2 Å². The summed E-state index contributed by atoms with van der Waals surface area (Å²) in [5, 5.41) is 17.1. The summed E-state index contributed by atoms with van der Waals surface area (Å²) < 4.78 is 31.8. The second-order valence-electron chi connectivity index (χ2n) is 4.44. The standard InChI is InChI=1S/C12H6F2N6S2/c1-5-9(22-19-15-5)11-18-20-10(16-17-12(20)21-11)6-2-3-7(13)8(14)4-6/h2-4H,1H3. The fraction of sp³-hybridized carbons (Fsp3) is 0.0833. The van der Waals surface area contributed by atoms with Crippen LogP contribution in [-0.2, 0) is 0 Å². The zero-order valence-electron chi connectivity index (χ0n) is 11.0. The van der Waals surface area contributed by atoms with Gasteiger partial charge < -0.3 is 0 Å². The molecule has 0 bridgehead atoms. The van der Waals surface area contributed by atoms with Crippen molar-refractivity contribution in [3.05, 3.63) is 35.5 Å². The van der Waals surface area contributed by atoms with Crippen LogP contribution >= 0.6 is 22.9 Å². The molecule has 10 heteroatoms. The third kappa shape index (κ3) is 1.99. The van der Waals surface area contributed by atoms with E-state index in [0.717, 1.165) is 22.7 Å². The molecule has 0 fully saturated rings. The Kier molecular flexibility index (Phi) is 2.94. The average molecular weight is 336 g/mol. The Hall–Kier alpha value is -2.33. The molecule has 0 radical (unpaired) electrons. The van der Waals surface area contributed by atoms with Gasteiger partial charge in [-0.05, 0) is 36.7 Å². The lowest BCUT2D eigenvalue weighted by atomic mass is 10.2. The fourth-order valence-corrected chi connectivity index (χ4v) is 3.56. The summed E-state index contributed by atoms with van der Waals surface area (Å²) in [4.78, 5) is 1.41. The van der Waals surface area contributed by atoms with Gasteiger partial charge in [-0.3, -0.25) is 0 Å². The van der Waals surface area contributed by atoms with Crippen LogP contribution in [0.3, 0.4) is 0 Å². The van der Waals surface area contributed by atoms with Crippen molar-refractivity contribution >= 4 is 27.8 Å². The molecule has 0 aliphatic rings. The van der Waals surface area contributed by atoms with Gasteiger partial charge in [0.15, 0.2) is 22.5 Å². The minimum absolute atomic E-state index is 0.353. The normalized spacial score (nSPS) is 11.4. The predicted octanol–water partition coefficient (Wildman–Crippen LogP) is 2.96. The highest BCUT2D eigenvalue weighted by Crippen LogP contribution is 2.31. The Labute approximate surface area is 130 Å². The molecular formula is C12H6F2N6S2. The number of hydrogen-bond donors (Lipinski definition) is 0. The molecule has 4 aromatic rings. The number of hydrogen-bond acceptors (Lipinski definition) is 7. The van der Waals surface area contributed by atoms with Crippen molar-refractivity contribution in [3.8, 4) is 21.3 Å². The highest BCUT2D eigenvalue weighted by atomic mass is 32.1. The molecule has 0 unspecified atom stereocenters. The quantitative estimate of drug-likeness (QED) is 0.563. The number of nitrogens with zero attached hydrogens (tertiary/aromatic N) is 6. The highest BCUT2D eigenvalue weighted by molar-refractivity contribution is 7.23. The predicted molar refractivity (Wildman–Crippen MR) is 77.7 cm³/mol. The molecule has 0 spiro atoms. The van der Waals surface area contributed by atoms with E-state index in [1.54, 1.807) is 0 Å². The molecule has 0 saturated carbocycles. The van der Waals surface area contributed by atoms with Crippen molar-refractivity contribution in [2.24, 2.45) is 0 Å². The lowest BCUT2D eigenvalue weighted by molar-refractivity contribution is 0.509. The molecule has 6 nitrogen and oxygen atoms in total. The first kappa shape index (κ1) is 13.3. The topological polar surface area (TPSA) is 68.9 Å². The van der Waals surface area contributed by atoms with Gasteiger partial charge in [0.2, 0.25) is 4.96 Å². The summed E-state index contributed by atoms with van der Waals surface area (Å²) in [6.07, 6.45) is 0. The number of benzene rings is 1. The van der Waals surface area contributed by atoms with Crippen molar-refractivity contribution in [1.82, 2.24) is 29.4 Å². The van der Waals surface area contributed by atoms with E-state index < -0.39 is 11.6 Å². The molecule has 4 rings (SSSR count). The summed E-state index contributed by atoms with van der Waals surface area (Å²) >= 11 is 2.58. The third-order valence-corrected chi connectivity index (χ3v) is 4.89. The molecule has 0 N–H and O–H groups in total. The van der Waals surface area contributed by atoms with E-state index in [1.165, 1.54) is 33.5 Å². The number of fused-ring (bicyclic) bond motifs is 1. The van der Waals surface area contributed by atoms with Gasteiger partial charge in [0.1, 0.15) is 4.88 Å². The van der Waals surface area contributed by atoms with Crippen molar-refractivity contribution in [2.45, 2.75) is 6.92 Å². The molecule has 0 atom stereocenters. The molecule has 1 aromatic carbocycles. The molecule has 3 aromatic heterocycles. The van der Waals surface area contributed by atoms with Gasteiger partial charge in [-0.1, -0.05) is 15.8 Å². The molecule has 0 aliphatic carbocycles. The second kappa shape index (κ2) is 4.85. The van der Waals surface area contributed by atoms with Crippen LogP contribution in [0.4, 0.5) is 8.78 Å². The van der Waals surface area contributed by atoms with Crippen LogP contribution in [0.5, 0.6) is 0 Å². The molecule has 0 saturated heterocycles. The van der Waals surface area contributed by atoms with Gasteiger partial charge in [-0.15, -0.1) is 15.3 Å². The Morgan fingerprint density at radius 2 is 1.95 bits per heavy atom. The summed E-state index contributed by atoms with van der Waals surface area (Å²) in [5.41, 5.74) is 1.19. The van der Waals surface area contributed by atoms with Crippen LogP contribution in [0.15, 0.2) is 18.2 Å². The summed E-state index contributed by atoms with van der Waals surface area (Å²) in [6.45, 7) is 1.84. The van der Waals surface area contributed by atoms with Crippen molar-refractivity contribution in [1.29, 1.82) is 0 Å². The minimum atomic E-state index is -0.938. The number of aromatic nitrogens is 6. The molecule has 110 valence electrons. The molecular weight excluding hydrogens is 330 g/mol. The Bertz CT molecular complexity index is 989. The van der Waals surface area contributed by atoms with Crippen molar-refractivity contribution in [2.75, 3.05) is 0 Å². The maximum absolute atomic E-state index is 13.4. The average Bonchev–Trinajstić information content (AvgIpc) is 3.16. The Morgan fingerprint density at radius 3 is 2.68 bits per heavy atom. The van der Waals surface area contributed by atoms with E-state index in [0.29, 0.717) is 21.4 Å². The SMILES string of the molecule is Cc1nnsc1-c1nn2c(-c3ccc(F)c(F)c3)nnc2s1. The van der Waals surface area contributed by atoms with Gasteiger partial charge in [-0.25, -0.2) is 8.78 Å². The fourth-order valence-electron chi connectivity index (χ4n) is 1.95. The lowest BCUT2D eigenvalue weighted by Gasteiger charge is -1.98. The smallest absolute Gasteiger partial charge is 0.204 e. The molecule has 3 heterocycles. The summed E-state index contributed by atoms with van der Waals surface area (Å²) in [5.74, 6) is -1.49. The van der Waals surface area contributed by atoms with Crippen molar-refractivity contribution < 1.29 is 8.78 Å². The third-order valence-electron chi connectivity index (χ3n) is 3.01. The van der Waals surface area contributed by atoms with Crippen molar-refractivity contribution in [3.63, 3.8) is 0 Å². The molecule has 0 amide bonds. The minimum Gasteiger partial charge on any atom is -0.204 e. The maximum atomic E-state index is 13.4. The molecule has 22 heavy (non-hydrogen) atoms. The van der Waals surface area contributed by atoms with Crippen LogP contribution in [0.1, 0.15) is 5.69 Å². The highest BCUT2D eigenvalue weighted by Gasteiger charge is 2.18. The van der Waals surface area contributed by atoms with Gasteiger partial charge in [0.05, 0.1) is 5.69 Å². The van der Waals surface area contributed by atoms with E-state index >= 15 is 0 Å². The van der Waals surface area contributed by atoms with Gasteiger partial charge in [-0.2, -0.15) is 9.61 Å². The monoisotopic (exact) mass is 336 g/mol. The molecule has 0 aliphatic heterocycles. The first-order chi connectivity index (χ1) is 10.6. The van der Waals surface area contributed by atoms with Crippen LogP contribution < -0.4 is 0 Å². The number of aryl methyl sites for hydroxylation is 1. The van der Waals surface area contributed by atoms with E-state index in [9.17, 15) is 8.78 Å². The van der Waals surface area contributed by atoms with E-state index in [4.69, 9.17) is 0 Å². The van der Waals surface area contributed by atoms with E-state index in [-0.39, 0.29) is 0 Å². The number of rotatable bonds is 2. The Morgan fingerprint density at radius 1 is 1.09 bits per heavy atom. The van der Waals surface area contributed by atoms with Crippen LogP contribution in [0, 0.1) is 18.6 Å². The van der Waals surface area contributed by atoms with Gasteiger partial charge in [0, 0.05) is 5.56 Å². The first-order valence-corrected chi connectivity index (χ1v) is 7.69. The maximum Gasteiger partial charge on any atom is 0.235 e. The van der Waals surface area contributed by atoms with E-state index in [2.05, 4.69) is 24.9 Å². The lowest BCUT2D eigenvalue weighted by Crippen LogP contribution is -1.93. The summed E-state index contributed by atoms with van der Waals surface area (Å²) in [7, 11) is 0. The second-order valence-corrected chi connectivity index (χ2v) is 6.15. The first-order valence-electron chi connectivity index (χ1n) is 6.10. The van der Waals surface area contributed by atoms with E-state index in [1.807, 2.05) is 6.92 Å². The number of halogens is 2. The zero-order valence-corrected chi connectivity index (χ0v) is 12.6. The largest absolute Gasteiger partial charge is 0.235 e. The van der Waals surface area contributed by atoms with Crippen LogP contribution in [0.2, 0.25) is 0 Å².